The number of hydrogen-bond acceptors (Lipinski definition) is 2. The van der Waals surface area contributed by atoms with Gasteiger partial charge in [0.05, 0.1) is 6.10 Å². The molecule has 1 aliphatic heterocycles. The summed E-state index contributed by atoms with van der Waals surface area (Å²) < 4.78 is 7.13. The minimum absolute atomic E-state index is 0.485. The highest BCUT2D eigenvalue weighted by Crippen LogP contribution is 2.38. The van der Waals surface area contributed by atoms with Crippen molar-refractivity contribution in [3.63, 3.8) is 0 Å². The van der Waals surface area contributed by atoms with Crippen LogP contribution in [0, 0.1) is 9.49 Å². The number of ether oxygens (including phenoxy) is 1. The first-order valence-electron chi connectivity index (χ1n) is 6.42. The number of hydrogen-bond donors (Lipinski definition) is 1. The molecule has 3 rings (SSSR count). The van der Waals surface area contributed by atoms with Gasteiger partial charge >= 0.3 is 0 Å². The normalized spacial score (nSPS) is 28.5. The molecule has 2 fully saturated rings. The van der Waals surface area contributed by atoms with Gasteiger partial charge in [0, 0.05) is 22.8 Å². The summed E-state index contributed by atoms with van der Waals surface area (Å²) in [6.07, 6.45) is 4.39. The lowest BCUT2D eigenvalue weighted by molar-refractivity contribution is 0.0809. The SMILES string of the molecule is Ic1ccc(CNC2CCOC2C2CC2)cc1. The van der Waals surface area contributed by atoms with Gasteiger partial charge in [-0.15, -0.1) is 0 Å². The Morgan fingerprint density at radius 3 is 2.65 bits per heavy atom. The monoisotopic (exact) mass is 343 g/mol. The molecule has 0 bridgehead atoms. The van der Waals surface area contributed by atoms with Crippen LogP contribution in [-0.4, -0.2) is 18.8 Å². The molecule has 0 aromatic heterocycles. The van der Waals surface area contributed by atoms with Crippen molar-refractivity contribution in [2.24, 2.45) is 5.92 Å². The van der Waals surface area contributed by atoms with Gasteiger partial charge < -0.3 is 10.1 Å². The van der Waals surface area contributed by atoms with Gasteiger partial charge in [0.2, 0.25) is 0 Å². The molecule has 0 radical (unpaired) electrons. The second-order valence-electron chi connectivity index (χ2n) is 5.08. The molecule has 0 spiro atoms. The molecule has 1 saturated heterocycles. The molecule has 17 heavy (non-hydrogen) atoms. The molecule has 1 N–H and O–H groups in total. The van der Waals surface area contributed by atoms with E-state index in [1.165, 1.54) is 28.4 Å². The van der Waals surface area contributed by atoms with E-state index in [0.29, 0.717) is 12.1 Å². The van der Waals surface area contributed by atoms with Gasteiger partial charge in [-0.05, 0) is 65.5 Å². The van der Waals surface area contributed by atoms with Gasteiger partial charge in [-0.3, -0.25) is 0 Å². The molecular weight excluding hydrogens is 325 g/mol. The van der Waals surface area contributed by atoms with E-state index in [4.69, 9.17) is 4.74 Å². The topological polar surface area (TPSA) is 21.3 Å². The largest absolute Gasteiger partial charge is 0.376 e. The standard InChI is InChI=1S/C14H18INO/c15-12-5-1-10(2-6-12)9-16-13-7-8-17-14(13)11-3-4-11/h1-2,5-6,11,13-14,16H,3-4,7-9H2. The Hall–Kier alpha value is -0.130. The van der Waals surface area contributed by atoms with Gasteiger partial charge in [-0.2, -0.15) is 0 Å². The third-order valence-corrected chi connectivity index (χ3v) is 4.42. The fourth-order valence-corrected chi connectivity index (χ4v) is 2.93. The number of halogens is 1. The molecule has 3 heteroatoms. The van der Waals surface area contributed by atoms with Crippen LogP contribution < -0.4 is 5.32 Å². The summed E-state index contributed by atoms with van der Waals surface area (Å²) in [5, 5.41) is 3.66. The van der Waals surface area contributed by atoms with Gasteiger partial charge in [0.15, 0.2) is 0 Å². The third kappa shape index (κ3) is 3.01. The second-order valence-corrected chi connectivity index (χ2v) is 6.32. The van der Waals surface area contributed by atoms with E-state index in [1.54, 1.807) is 0 Å². The lowest BCUT2D eigenvalue weighted by Gasteiger charge is -2.19. The van der Waals surface area contributed by atoms with Crippen molar-refractivity contribution in [1.82, 2.24) is 5.32 Å². The third-order valence-electron chi connectivity index (χ3n) is 3.70. The summed E-state index contributed by atoms with van der Waals surface area (Å²) in [4.78, 5) is 0. The zero-order valence-electron chi connectivity index (χ0n) is 9.86. The van der Waals surface area contributed by atoms with Crippen molar-refractivity contribution in [1.29, 1.82) is 0 Å². The van der Waals surface area contributed by atoms with E-state index in [9.17, 15) is 0 Å². The van der Waals surface area contributed by atoms with Crippen LogP contribution in [-0.2, 0) is 11.3 Å². The quantitative estimate of drug-likeness (QED) is 0.849. The van der Waals surface area contributed by atoms with Crippen LogP contribution in [0.25, 0.3) is 0 Å². The number of rotatable bonds is 4. The first-order chi connectivity index (χ1) is 8.33. The predicted molar refractivity (Wildman–Crippen MR) is 76.9 cm³/mol. The van der Waals surface area contributed by atoms with E-state index < -0.39 is 0 Å². The molecule has 2 aliphatic rings. The van der Waals surface area contributed by atoms with Gasteiger partial charge in [0.25, 0.3) is 0 Å². The van der Waals surface area contributed by atoms with Crippen LogP contribution >= 0.6 is 22.6 Å². The minimum Gasteiger partial charge on any atom is -0.376 e. The molecule has 92 valence electrons. The first-order valence-corrected chi connectivity index (χ1v) is 7.50. The summed E-state index contributed by atoms with van der Waals surface area (Å²) in [5.41, 5.74) is 1.37. The van der Waals surface area contributed by atoms with Crippen LogP contribution in [0.5, 0.6) is 0 Å². The number of nitrogens with one attached hydrogen (secondary N) is 1. The highest BCUT2D eigenvalue weighted by molar-refractivity contribution is 14.1. The van der Waals surface area contributed by atoms with Gasteiger partial charge in [0.1, 0.15) is 0 Å². The van der Waals surface area contributed by atoms with E-state index >= 15 is 0 Å². The average molecular weight is 343 g/mol. The first kappa shape index (κ1) is 11.9. The molecular formula is C14H18INO. The highest BCUT2D eigenvalue weighted by Gasteiger charge is 2.40. The molecule has 2 atom stereocenters. The summed E-state index contributed by atoms with van der Waals surface area (Å²) in [6, 6.07) is 9.32. The molecule has 1 heterocycles. The molecule has 2 nitrogen and oxygen atoms in total. The van der Waals surface area contributed by atoms with Crippen molar-refractivity contribution in [3.05, 3.63) is 33.4 Å². The van der Waals surface area contributed by atoms with Crippen LogP contribution in [0.3, 0.4) is 0 Å². The van der Waals surface area contributed by atoms with Crippen molar-refractivity contribution in [2.45, 2.75) is 38.0 Å². The Morgan fingerprint density at radius 1 is 1.18 bits per heavy atom. The fourth-order valence-electron chi connectivity index (χ4n) is 2.57. The van der Waals surface area contributed by atoms with E-state index in [0.717, 1.165) is 19.1 Å². The van der Waals surface area contributed by atoms with Crippen LogP contribution in [0.1, 0.15) is 24.8 Å². The van der Waals surface area contributed by atoms with Crippen LogP contribution in [0.2, 0.25) is 0 Å². The van der Waals surface area contributed by atoms with Crippen LogP contribution in [0.4, 0.5) is 0 Å². The maximum atomic E-state index is 5.83. The smallest absolute Gasteiger partial charge is 0.0757 e. The zero-order chi connectivity index (χ0) is 11.7. The molecule has 0 amide bonds. The van der Waals surface area contributed by atoms with Crippen molar-refractivity contribution < 1.29 is 4.74 Å². The Bertz CT molecular complexity index is 374. The summed E-state index contributed by atoms with van der Waals surface area (Å²) in [5.74, 6) is 0.840. The Balaban J connectivity index is 1.54. The Kier molecular flexibility index (Phi) is 3.68. The highest BCUT2D eigenvalue weighted by atomic mass is 127. The predicted octanol–water partition coefficient (Wildman–Crippen LogP) is 2.95. The lowest BCUT2D eigenvalue weighted by atomic mass is 10.1. The Morgan fingerprint density at radius 2 is 1.94 bits per heavy atom. The summed E-state index contributed by atoms with van der Waals surface area (Å²) in [6.45, 7) is 1.90. The molecule has 1 aromatic rings. The maximum Gasteiger partial charge on any atom is 0.0757 e. The van der Waals surface area contributed by atoms with Gasteiger partial charge in [-0.25, -0.2) is 0 Å². The van der Waals surface area contributed by atoms with Crippen molar-refractivity contribution in [3.8, 4) is 0 Å². The summed E-state index contributed by atoms with van der Waals surface area (Å²) >= 11 is 2.34. The molecule has 2 unspecified atom stereocenters. The molecule has 1 saturated carbocycles. The van der Waals surface area contributed by atoms with E-state index in [1.807, 2.05) is 0 Å². The minimum atomic E-state index is 0.485. The van der Waals surface area contributed by atoms with E-state index in [-0.39, 0.29) is 0 Å². The summed E-state index contributed by atoms with van der Waals surface area (Å²) in [7, 11) is 0. The van der Waals surface area contributed by atoms with Crippen LogP contribution in [0.15, 0.2) is 24.3 Å². The maximum absolute atomic E-state index is 5.83. The fraction of sp³-hybridized carbons (Fsp3) is 0.571. The van der Waals surface area contributed by atoms with Crippen molar-refractivity contribution in [2.75, 3.05) is 6.61 Å². The average Bonchev–Trinajstić information content (AvgIpc) is 3.08. The Labute approximate surface area is 116 Å². The van der Waals surface area contributed by atoms with E-state index in [2.05, 4.69) is 52.2 Å². The molecule has 1 aromatic carbocycles. The van der Waals surface area contributed by atoms with Gasteiger partial charge in [-0.1, -0.05) is 12.1 Å². The zero-order valence-corrected chi connectivity index (χ0v) is 12.0. The number of benzene rings is 1. The molecule has 1 aliphatic carbocycles. The van der Waals surface area contributed by atoms with Crippen molar-refractivity contribution >= 4 is 22.6 Å². The second kappa shape index (κ2) is 5.24. The lowest BCUT2D eigenvalue weighted by Crippen LogP contribution is -2.37.